The highest BCUT2D eigenvalue weighted by atomic mass is 16.5. The lowest BCUT2D eigenvalue weighted by atomic mass is 10.2. The Morgan fingerprint density at radius 1 is 1.22 bits per heavy atom. The largest absolute Gasteiger partial charge is 0.494 e. The lowest BCUT2D eigenvalue weighted by Crippen LogP contribution is -2.13. The van der Waals surface area contributed by atoms with E-state index >= 15 is 0 Å². The van der Waals surface area contributed by atoms with Crippen molar-refractivity contribution >= 4 is 5.97 Å². The van der Waals surface area contributed by atoms with Gasteiger partial charge in [0.15, 0.2) is 0 Å². The van der Waals surface area contributed by atoms with Crippen molar-refractivity contribution in [1.82, 2.24) is 0 Å². The van der Waals surface area contributed by atoms with E-state index in [4.69, 9.17) is 9.47 Å². The van der Waals surface area contributed by atoms with E-state index in [1.807, 2.05) is 26.0 Å². The summed E-state index contributed by atoms with van der Waals surface area (Å²) in [6.07, 6.45) is 2.93. The van der Waals surface area contributed by atoms with Crippen LogP contribution < -0.4 is 4.74 Å². The molecule has 0 saturated carbocycles. The monoisotopic (exact) mass is 250 g/mol. The number of esters is 1. The van der Waals surface area contributed by atoms with Crippen LogP contribution in [0.5, 0.6) is 5.75 Å². The van der Waals surface area contributed by atoms with Crippen LogP contribution in [0.4, 0.5) is 0 Å². The molecule has 1 rings (SSSR count). The molecule has 0 N–H and O–H groups in total. The number of hydrogen-bond acceptors (Lipinski definition) is 3. The molecule has 0 fully saturated rings. The Kier molecular flexibility index (Phi) is 6.26. The zero-order valence-corrected chi connectivity index (χ0v) is 11.4. The first kappa shape index (κ1) is 14.6. The number of hydrogen-bond donors (Lipinski definition) is 0. The Labute approximate surface area is 109 Å². The van der Waals surface area contributed by atoms with Gasteiger partial charge in [-0.3, -0.25) is 0 Å². The maximum absolute atomic E-state index is 11.7. The molecule has 0 radical (unpaired) electrons. The Morgan fingerprint density at radius 2 is 1.89 bits per heavy atom. The van der Waals surface area contributed by atoms with Crippen LogP contribution in [-0.2, 0) is 4.74 Å². The van der Waals surface area contributed by atoms with E-state index in [2.05, 4.69) is 6.92 Å². The van der Waals surface area contributed by atoms with Gasteiger partial charge in [0.2, 0.25) is 0 Å². The van der Waals surface area contributed by atoms with Crippen molar-refractivity contribution in [2.45, 2.75) is 46.1 Å². The summed E-state index contributed by atoms with van der Waals surface area (Å²) in [5.41, 5.74) is 0.568. The molecule has 0 heterocycles. The zero-order chi connectivity index (χ0) is 13.4. The Morgan fingerprint density at radius 3 is 2.44 bits per heavy atom. The van der Waals surface area contributed by atoms with Crippen LogP contribution in [0.3, 0.4) is 0 Å². The third-order valence-corrected chi connectivity index (χ3v) is 2.74. The second kappa shape index (κ2) is 7.75. The van der Waals surface area contributed by atoms with Crippen LogP contribution in [0.25, 0.3) is 0 Å². The molecule has 0 spiro atoms. The summed E-state index contributed by atoms with van der Waals surface area (Å²) in [5.74, 6) is 0.521. The molecule has 1 aromatic rings. The van der Waals surface area contributed by atoms with Crippen LogP contribution in [0.1, 0.15) is 50.4 Å². The number of ether oxygens (including phenoxy) is 2. The summed E-state index contributed by atoms with van der Waals surface area (Å²) in [6, 6.07) is 7.10. The Hall–Kier alpha value is -1.51. The molecule has 0 aromatic heterocycles. The highest BCUT2D eigenvalue weighted by Gasteiger charge is 2.10. The van der Waals surface area contributed by atoms with Crippen molar-refractivity contribution in [2.24, 2.45) is 0 Å². The predicted molar refractivity (Wildman–Crippen MR) is 72.0 cm³/mol. The van der Waals surface area contributed by atoms with Crippen molar-refractivity contribution in [2.75, 3.05) is 6.61 Å². The average molecular weight is 250 g/mol. The highest BCUT2D eigenvalue weighted by molar-refractivity contribution is 5.89. The van der Waals surface area contributed by atoms with Crippen LogP contribution in [0.15, 0.2) is 24.3 Å². The van der Waals surface area contributed by atoms with Gasteiger partial charge in [-0.25, -0.2) is 4.79 Å². The molecule has 0 bridgehead atoms. The first-order valence-electron chi connectivity index (χ1n) is 6.61. The topological polar surface area (TPSA) is 35.5 Å². The van der Waals surface area contributed by atoms with E-state index in [-0.39, 0.29) is 12.1 Å². The number of carbonyl (C=O) groups is 1. The molecule has 0 aliphatic rings. The summed E-state index contributed by atoms with van der Waals surface area (Å²) in [5, 5.41) is 0. The second-order valence-electron chi connectivity index (χ2n) is 4.35. The van der Waals surface area contributed by atoms with Gasteiger partial charge in [-0.15, -0.1) is 0 Å². The molecule has 3 heteroatoms. The van der Waals surface area contributed by atoms with Gasteiger partial charge in [-0.2, -0.15) is 0 Å². The van der Waals surface area contributed by atoms with Gasteiger partial charge < -0.3 is 9.47 Å². The minimum absolute atomic E-state index is 0.0435. The third kappa shape index (κ3) is 4.78. The standard InChI is InChI=1S/C15H22O3/c1-4-6-11-17-14-9-7-13(8-10-14)15(16)18-12(3)5-2/h7-10,12H,4-6,11H2,1-3H3. The fourth-order valence-corrected chi connectivity index (χ4v) is 1.36. The quantitative estimate of drug-likeness (QED) is 0.545. The predicted octanol–water partition coefficient (Wildman–Crippen LogP) is 3.82. The van der Waals surface area contributed by atoms with Crippen molar-refractivity contribution in [3.8, 4) is 5.75 Å². The lowest BCUT2D eigenvalue weighted by molar-refractivity contribution is 0.0334. The van der Waals surface area contributed by atoms with Gasteiger partial charge in [0, 0.05) is 0 Å². The maximum atomic E-state index is 11.7. The van der Waals surface area contributed by atoms with Crippen LogP contribution >= 0.6 is 0 Å². The molecule has 0 aliphatic heterocycles. The van der Waals surface area contributed by atoms with E-state index in [9.17, 15) is 4.79 Å². The summed E-state index contributed by atoms with van der Waals surface area (Å²) >= 11 is 0. The second-order valence-corrected chi connectivity index (χ2v) is 4.35. The molecule has 0 saturated heterocycles. The van der Waals surface area contributed by atoms with Crippen LogP contribution in [0.2, 0.25) is 0 Å². The fraction of sp³-hybridized carbons (Fsp3) is 0.533. The minimum Gasteiger partial charge on any atom is -0.494 e. The highest BCUT2D eigenvalue weighted by Crippen LogP contribution is 2.14. The maximum Gasteiger partial charge on any atom is 0.338 e. The average Bonchev–Trinajstić information content (AvgIpc) is 2.39. The summed E-state index contributed by atoms with van der Waals surface area (Å²) < 4.78 is 10.8. The summed E-state index contributed by atoms with van der Waals surface area (Å²) in [6.45, 7) is 6.72. The third-order valence-electron chi connectivity index (χ3n) is 2.74. The number of rotatable bonds is 7. The molecule has 100 valence electrons. The van der Waals surface area contributed by atoms with Crippen molar-refractivity contribution in [1.29, 1.82) is 0 Å². The zero-order valence-electron chi connectivity index (χ0n) is 11.4. The molecular formula is C15H22O3. The van der Waals surface area contributed by atoms with Crippen LogP contribution in [-0.4, -0.2) is 18.7 Å². The van der Waals surface area contributed by atoms with Crippen molar-refractivity contribution < 1.29 is 14.3 Å². The number of unbranched alkanes of at least 4 members (excludes halogenated alkanes) is 1. The summed E-state index contributed by atoms with van der Waals surface area (Å²) in [4.78, 5) is 11.7. The van der Waals surface area contributed by atoms with Gasteiger partial charge >= 0.3 is 5.97 Å². The molecular weight excluding hydrogens is 228 g/mol. The summed E-state index contributed by atoms with van der Waals surface area (Å²) in [7, 11) is 0. The molecule has 1 atom stereocenters. The van der Waals surface area contributed by atoms with Gasteiger partial charge in [0.05, 0.1) is 18.3 Å². The first-order valence-corrected chi connectivity index (χ1v) is 6.61. The van der Waals surface area contributed by atoms with E-state index in [1.165, 1.54) is 0 Å². The van der Waals surface area contributed by atoms with Crippen molar-refractivity contribution in [3.05, 3.63) is 29.8 Å². The van der Waals surface area contributed by atoms with E-state index in [1.54, 1.807) is 12.1 Å². The van der Waals surface area contributed by atoms with Gasteiger partial charge in [0.1, 0.15) is 5.75 Å². The lowest BCUT2D eigenvalue weighted by Gasteiger charge is -2.11. The van der Waals surface area contributed by atoms with E-state index in [0.29, 0.717) is 12.2 Å². The molecule has 18 heavy (non-hydrogen) atoms. The normalized spacial score (nSPS) is 11.9. The molecule has 0 amide bonds. The SMILES string of the molecule is CCCCOc1ccc(C(=O)OC(C)CC)cc1. The molecule has 1 aromatic carbocycles. The molecule has 3 nitrogen and oxygen atoms in total. The van der Waals surface area contributed by atoms with E-state index in [0.717, 1.165) is 25.0 Å². The molecule has 1 unspecified atom stereocenters. The van der Waals surface area contributed by atoms with Crippen LogP contribution in [0, 0.1) is 0 Å². The number of benzene rings is 1. The van der Waals surface area contributed by atoms with E-state index < -0.39 is 0 Å². The first-order chi connectivity index (χ1) is 8.67. The Bertz CT molecular complexity index is 357. The van der Waals surface area contributed by atoms with Crippen molar-refractivity contribution in [3.63, 3.8) is 0 Å². The van der Waals surface area contributed by atoms with Gasteiger partial charge in [0.25, 0.3) is 0 Å². The fourth-order valence-electron chi connectivity index (χ4n) is 1.36. The van der Waals surface area contributed by atoms with Gasteiger partial charge in [-0.1, -0.05) is 20.3 Å². The number of carbonyl (C=O) groups excluding carboxylic acids is 1. The molecule has 0 aliphatic carbocycles. The smallest absolute Gasteiger partial charge is 0.338 e. The minimum atomic E-state index is -0.274. The van der Waals surface area contributed by atoms with Gasteiger partial charge in [-0.05, 0) is 44.0 Å². The Balaban J connectivity index is 2.51.